The van der Waals surface area contributed by atoms with E-state index < -0.39 is 0 Å². The Bertz CT molecular complexity index is 905. The van der Waals surface area contributed by atoms with E-state index in [1.807, 2.05) is 86.8 Å². The first-order valence-electron chi connectivity index (χ1n) is 9.08. The maximum Gasteiger partial charge on any atom is 0.166 e. The van der Waals surface area contributed by atoms with E-state index in [4.69, 9.17) is 11.7 Å². The Morgan fingerprint density at radius 1 is 1.07 bits per heavy atom. The van der Waals surface area contributed by atoms with Crippen LogP contribution in [0.15, 0.2) is 113 Å². The molecule has 0 spiro atoms. The van der Waals surface area contributed by atoms with Gasteiger partial charge in [0.05, 0.1) is 5.71 Å². The monoisotopic (exact) mass is 387 g/mol. The zero-order valence-electron chi connectivity index (χ0n) is 17.0. The van der Waals surface area contributed by atoms with Gasteiger partial charge in [-0.25, -0.2) is 5.84 Å². The average molecular weight is 388 g/mol. The number of benzene rings is 1. The van der Waals surface area contributed by atoms with E-state index >= 15 is 0 Å². The van der Waals surface area contributed by atoms with Gasteiger partial charge in [0.1, 0.15) is 0 Å². The lowest BCUT2D eigenvalue weighted by Gasteiger charge is -2.04. The summed E-state index contributed by atoms with van der Waals surface area (Å²) in [6.45, 7) is 11.6. The Morgan fingerprint density at radius 3 is 2.48 bits per heavy atom. The Hall–Kier alpha value is -3.70. The maximum absolute atomic E-state index is 5.42. The molecule has 150 valence electrons. The van der Waals surface area contributed by atoms with Gasteiger partial charge >= 0.3 is 0 Å². The smallest absolute Gasteiger partial charge is 0.166 e. The van der Waals surface area contributed by atoms with Crippen LogP contribution in [0.3, 0.4) is 0 Å². The van der Waals surface area contributed by atoms with Gasteiger partial charge in [-0.05, 0) is 43.2 Å². The Morgan fingerprint density at radius 2 is 1.86 bits per heavy atom. The topological polar surface area (TPSA) is 88.8 Å². The summed E-state index contributed by atoms with van der Waals surface area (Å²) in [7, 11) is 0. The van der Waals surface area contributed by atoms with Gasteiger partial charge in [-0.1, -0.05) is 79.5 Å². The molecule has 1 aromatic rings. The van der Waals surface area contributed by atoms with Crippen LogP contribution in [0.25, 0.3) is 6.08 Å². The Labute approximate surface area is 173 Å². The summed E-state index contributed by atoms with van der Waals surface area (Å²) in [5.74, 6) is 11.2. The van der Waals surface area contributed by atoms with Crippen LogP contribution in [0.4, 0.5) is 0 Å². The number of nitrogens with one attached hydrogen (secondary N) is 1. The highest BCUT2D eigenvalue weighted by atomic mass is 15.3. The van der Waals surface area contributed by atoms with Gasteiger partial charge in [-0.15, -0.1) is 0 Å². The highest BCUT2D eigenvalue weighted by Crippen LogP contribution is 2.10. The van der Waals surface area contributed by atoms with E-state index in [0.717, 1.165) is 28.0 Å². The van der Waals surface area contributed by atoms with Crippen LogP contribution in [0, 0.1) is 0 Å². The molecule has 0 unspecified atom stereocenters. The molecule has 0 aliphatic rings. The number of aliphatic imine (C=N–C) groups is 1. The molecule has 0 fully saturated rings. The van der Waals surface area contributed by atoms with E-state index in [1.165, 1.54) is 0 Å². The van der Waals surface area contributed by atoms with Crippen molar-refractivity contribution in [2.24, 2.45) is 21.8 Å². The number of nitrogens with two attached hydrogens (primary N) is 2. The molecule has 1 aromatic carbocycles. The van der Waals surface area contributed by atoms with Crippen molar-refractivity contribution < 1.29 is 0 Å². The molecule has 0 saturated carbocycles. The van der Waals surface area contributed by atoms with Crippen LogP contribution in [0.1, 0.15) is 25.0 Å². The fourth-order valence-electron chi connectivity index (χ4n) is 2.12. The lowest BCUT2D eigenvalue weighted by atomic mass is 10.1. The summed E-state index contributed by atoms with van der Waals surface area (Å²) in [6.07, 6.45) is 18.9. The first-order valence-corrected chi connectivity index (χ1v) is 9.08. The van der Waals surface area contributed by atoms with Crippen molar-refractivity contribution in [1.29, 1.82) is 0 Å². The lowest BCUT2D eigenvalue weighted by Crippen LogP contribution is -2.32. The minimum Gasteiger partial charge on any atom is -0.321 e. The summed E-state index contributed by atoms with van der Waals surface area (Å²) >= 11 is 0. The van der Waals surface area contributed by atoms with Gasteiger partial charge in [-0.2, -0.15) is 5.10 Å². The van der Waals surface area contributed by atoms with Gasteiger partial charge in [0.25, 0.3) is 0 Å². The molecule has 0 heterocycles. The third kappa shape index (κ3) is 9.17. The SMILES string of the molecule is C=CC(/C=C/C=C/C=C(C=C)/C=C\c1cccc(/C(=N/N)NN)c1)=NC=C(C)C. The Balaban J connectivity index is 2.85. The van der Waals surface area contributed by atoms with Crippen LogP contribution in [-0.2, 0) is 0 Å². The average Bonchev–Trinajstić information content (AvgIpc) is 2.73. The number of hydrogen-bond acceptors (Lipinski definition) is 4. The highest BCUT2D eigenvalue weighted by molar-refractivity contribution is 6.04. The maximum atomic E-state index is 5.42. The molecule has 0 bridgehead atoms. The van der Waals surface area contributed by atoms with Crippen LogP contribution in [0.2, 0.25) is 0 Å². The van der Waals surface area contributed by atoms with E-state index in [0.29, 0.717) is 5.84 Å². The van der Waals surface area contributed by atoms with Crippen LogP contribution in [-0.4, -0.2) is 11.5 Å². The molecular weight excluding hydrogens is 358 g/mol. The summed E-state index contributed by atoms with van der Waals surface area (Å²) in [5.41, 5.74) is 7.17. The number of hydrazine groups is 1. The number of rotatable bonds is 9. The fraction of sp³-hybridized carbons (Fsp3) is 0.0833. The van der Waals surface area contributed by atoms with Crippen molar-refractivity contribution in [3.8, 4) is 0 Å². The third-order valence-electron chi connectivity index (χ3n) is 3.59. The van der Waals surface area contributed by atoms with Crippen molar-refractivity contribution in [3.63, 3.8) is 0 Å². The molecule has 5 heteroatoms. The minimum absolute atomic E-state index is 0.418. The second kappa shape index (κ2) is 13.5. The number of hydrogen-bond donors (Lipinski definition) is 3. The van der Waals surface area contributed by atoms with Gasteiger partial charge in [0.15, 0.2) is 5.84 Å². The number of allylic oxidation sites excluding steroid dienone is 10. The first kappa shape index (κ1) is 23.3. The largest absolute Gasteiger partial charge is 0.321 e. The van der Waals surface area contributed by atoms with Gasteiger partial charge < -0.3 is 11.3 Å². The van der Waals surface area contributed by atoms with Crippen molar-refractivity contribution >= 4 is 17.6 Å². The molecule has 0 amide bonds. The molecule has 0 radical (unpaired) electrons. The molecule has 0 saturated heterocycles. The molecule has 1 rings (SSSR count). The molecule has 0 aliphatic heterocycles. The van der Waals surface area contributed by atoms with Gasteiger partial charge in [-0.3, -0.25) is 4.99 Å². The molecule has 0 aliphatic carbocycles. The summed E-state index contributed by atoms with van der Waals surface area (Å²) in [6, 6.07) is 7.70. The molecular formula is C24H29N5. The van der Waals surface area contributed by atoms with E-state index in [9.17, 15) is 0 Å². The van der Waals surface area contributed by atoms with Gasteiger partial charge in [0.2, 0.25) is 0 Å². The second-order valence-corrected chi connectivity index (χ2v) is 6.16. The highest BCUT2D eigenvalue weighted by Gasteiger charge is 2.00. The quantitative estimate of drug-likeness (QED) is 0.191. The van der Waals surface area contributed by atoms with Crippen molar-refractivity contribution in [1.82, 2.24) is 5.43 Å². The van der Waals surface area contributed by atoms with Crippen molar-refractivity contribution in [3.05, 3.63) is 115 Å². The normalized spacial score (nSPS) is 13.3. The second-order valence-electron chi connectivity index (χ2n) is 6.16. The molecule has 5 nitrogen and oxygen atoms in total. The zero-order valence-corrected chi connectivity index (χ0v) is 17.0. The summed E-state index contributed by atoms with van der Waals surface area (Å²) in [5, 5.41) is 3.62. The Kier molecular flexibility index (Phi) is 10.8. The standard InChI is InChI=1S/C24H29N5/c1-5-20(11-8-7-9-14-23(6-2)27-18-19(3)4)15-16-21-12-10-13-22(17-21)24(28-25)29-26/h5-18H,1-2,25-26H2,3-4H3,(H,28,29)/b8-7+,14-9+,16-15-,20-11+,27-23?. The molecule has 5 N–H and O–H groups in total. The van der Waals surface area contributed by atoms with Crippen LogP contribution < -0.4 is 17.1 Å². The first-order chi connectivity index (χ1) is 14.0. The zero-order chi connectivity index (χ0) is 21.5. The molecule has 29 heavy (non-hydrogen) atoms. The van der Waals surface area contributed by atoms with E-state index in [1.54, 1.807) is 12.2 Å². The number of nitrogens with zero attached hydrogens (tertiary/aromatic N) is 2. The number of amidine groups is 1. The summed E-state index contributed by atoms with van der Waals surface area (Å²) < 4.78 is 0. The predicted octanol–water partition coefficient (Wildman–Crippen LogP) is 4.56. The molecule has 0 aromatic heterocycles. The predicted molar refractivity (Wildman–Crippen MR) is 127 cm³/mol. The van der Waals surface area contributed by atoms with E-state index in [2.05, 4.69) is 28.7 Å². The van der Waals surface area contributed by atoms with Crippen molar-refractivity contribution in [2.45, 2.75) is 13.8 Å². The minimum atomic E-state index is 0.418. The van der Waals surface area contributed by atoms with Crippen LogP contribution in [0.5, 0.6) is 0 Å². The number of hydrazone groups is 1. The van der Waals surface area contributed by atoms with Gasteiger partial charge in [0, 0.05) is 11.8 Å². The third-order valence-corrected chi connectivity index (χ3v) is 3.59. The fourth-order valence-corrected chi connectivity index (χ4v) is 2.12. The summed E-state index contributed by atoms with van der Waals surface area (Å²) in [4.78, 5) is 4.33. The molecule has 0 atom stereocenters. The van der Waals surface area contributed by atoms with Crippen LogP contribution >= 0.6 is 0 Å². The van der Waals surface area contributed by atoms with Crippen molar-refractivity contribution in [2.75, 3.05) is 0 Å². The van der Waals surface area contributed by atoms with E-state index in [-0.39, 0.29) is 0 Å². The lowest BCUT2D eigenvalue weighted by molar-refractivity contribution is 1.00.